The summed E-state index contributed by atoms with van der Waals surface area (Å²) in [5.74, 6) is -0.0844. The number of thioether (sulfide) groups is 1. The van der Waals surface area contributed by atoms with Crippen molar-refractivity contribution in [1.29, 1.82) is 0 Å². The van der Waals surface area contributed by atoms with Crippen molar-refractivity contribution in [3.63, 3.8) is 0 Å². The van der Waals surface area contributed by atoms with E-state index in [9.17, 15) is 13.2 Å². The van der Waals surface area contributed by atoms with Gasteiger partial charge in [-0.2, -0.15) is 0 Å². The molecular weight excluding hydrogens is 528 g/mol. The summed E-state index contributed by atoms with van der Waals surface area (Å²) < 4.78 is 28.7. The number of anilines is 1. The van der Waals surface area contributed by atoms with E-state index in [2.05, 4.69) is 15.3 Å². The molecule has 37 heavy (non-hydrogen) atoms. The fourth-order valence-electron chi connectivity index (χ4n) is 4.08. The van der Waals surface area contributed by atoms with Crippen molar-refractivity contribution in [2.75, 3.05) is 10.1 Å². The Hall–Kier alpha value is -3.40. The maximum atomic E-state index is 13.6. The Bertz CT molecular complexity index is 1580. The number of aromatic nitrogens is 2. The predicted octanol–water partition coefficient (Wildman–Crippen LogP) is 5.22. The molecule has 7 nitrogen and oxygen atoms in total. The number of carbonyl (C=O) groups excluding carboxylic acids is 1. The molecule has 0 bridgehead atoms. The highest BCUT2D eigenvalue weighted by Gasteiger charge is 2.36. The van der Waals surface area contributed by atoms with Crippen molar-refractivity contribution >= 4 is 45.0 Å². The predicted molar refractivity (Wildman–Crippen MR) is 146 cm³/mol. The summed E-state index contributed by atoms with van der Waals surface area (Å²) in [5, 5.41) is 3.82. The smallest absolute Gasteiger partial charge is 0.268 e. The first-order valence-corrected chi connectivity index (χ1v) is 14.3. The van der Waals surface area contributed by atoms with Crippen molar-refractivity contribution in [1.82, 2.24) is 15.3 Å². The van der Waals surface area contributed by atoms with Crippen LogP contribution in [0.15, 0.2) is 89.0 Å². The lowest BCUT2D eigenvalue weighted by Gasteiger charge is -2.31. The first-order chi connectivity index (χ1) is 17.8. The fraction of sp³-hybridized carbons (Fsp3) is 0.148. The van der Waals surface area contributed by atoms with Crippen LogP contribution in [0.4, 0.5) is 5.69 Å². The molecule has 188 valence electrons. The molecule has 5 rings (SSSR count). The van der Waals surface area contributed by atoms with Gasteiger partial charge in [-0.3, -0.25) is 9.10 Å². The third kappa shape index (κ3) is 5.49. The molecule has 0 spiro atoms. The molecule has 1 aromatic heterocycles. The summed E-state index contributed by atoms with van der Waals surface area (Å²) in [6.45, 7) is 2.55. The maximum absolute atomic E-state index is 13.6. The van der Waals surface area contributed by atoms with Crippen LogP contribution in [-0.2, 0) is 27.9 Å². The number of hydrogen-bond acceptors (Lipinski definition) is 6. The summed E-state index contributed by atoms with van der Waals surface area (Å²) in [4.78, 5) is 21.2. The average molecular weight is 551 g/mol. The van der Waals surface area contributed by atoms with Gasteiger partial charge in [0, 0.05) is 17.1 Å². The van der Waals surface area contributed by atoms with Gasteiger partial charge in [0.2, 0.25) is 5.91 Å². The van der Waals surface area contributed by atoms with E-state index in [1.54, 1.807) is 18.2 Å². The van der Waals surface area contributed by atoms with Gasteiger partial charge in [0.05, 0.1) is 29.9 Å². The summed E-state index contributed by atoms with van der Waals surface area (Å²) in [6.07, 6.45) is 1.34. The Labute approximate surface area is 225 Å². The molecule has 1 N–H and O–H groups in total. The van der Waals surface area contributed by atoms with Gasteiger partial charge in [0.1, 0.15) is 4.90 Å². The van der Waals surface area contributed by atoms with E-state index in [1.165, 1.54) is 10.5 Å². The van der Waals surface area contributed by atoms with Crippen LogP contribution in [0.2, 0.25) is 5.02 Å². The van der Waals surface area contributed by atoms with Crippen molar-refractivity contribution in [2.24, 2.45) is 0 Å². The molecule has 2 heterocycles. The lowest BCUT2D eigenvalue weighted by molar-refractivity contribution is -0.118. The first kappa shape index (κ1) is 25.3. The zero-order chi connectivity index (χ0) is 26.0. The van der Waals surface area contributed by atoms with Gasteiger partial charge in [0.15, 0.2) is 5.16 Å². The Morgan fingerprint density at radius 1 is 1.03 bits per heavy atom. The molecule has 10 heteroatoms. The number of nitrogens with one attached hydrogen (secondary N) is 1. The Kier molecular flexibility index (Phi) is 7.19. The standard InChI is InChI=1S/C27H23ClN4O3S2/c1-18-5-4-6-20(13-18)16-32-23-8-3-2-7-22(23)26-24(37(32,34)35)15-30-27(31-26)36-17-25(33)29-14-19-9-11-21(28)12-10-19/h2-13,15H,14,16-17H2,1H3,(H,29,33). The molecule has 1 aliphatic rings. The minimum Gasteiger partial charge on any atom is -0.351 e. The van der Waals surface area contributed by atoms with Crippen LogP contribution < -0.4 is 9.62 Å². The van der Waals surface area contributed by atoms with Gasteiger partial charge in [-0.15, -0.1) is 0 Å². The molecule has 0 radical (unpaired) electrons. The molecule has 0 atom stereocenters. The topological polar surface area (TPSA) is 92.3 Å². The summed E-state index contributed by atoms with van der Waals surface area (Å²) in [6, 6.07) is 22.3. The zero-order valence-electron chi connectivity index (χ0n) is 19.9. The average Bonchev–Trinajstić information content (AvgIpc) is 2.89. The molecule has 4 aromatic rings. The van der Waals surface area contributed by atoms with Gasteiger partial charge in [-0.05, 0) is 36.2 Å². The van der Waals surface area contributed by atoms with Crippen LogP contribution in [0.5, 0.6) is 0 Å². The molecule has 0 fully saturated rings. The van der Waals surface area contributed by atoms with Crippen LogP contribution in [0.3, 0.4) is 0 Å². The third-order valence-electron chi connectivity index (χ3n) is 5.87. The second-order valence-electron chi connectivity index (χ2n) is 8.58. The molecule has 0 unspecified atom stereocenters. The zero-order valence-corrected chi connectivity index (χ0v) is 22.3. The molecule has 1 aliphatic heterocycles. The number of hydrogen-bond donors (Lipinski definition) is 1. The van der Waals surface area contributed by atoms with E-state index >= 15 is 0 Å². The quantitative estimate of drug-likeness (QED) is 0.250. The van der Waals surface area contributed by atoms with E-state index in [-0.39, 0.29) is 23.1 Å². The highest BCUT2D eigenvalue weighted by atomic mass is 35.5. The number of amides is 1. The van der Waals surface area contributed by atoms with Gasteiger partial charge < -0.3 is 5.32 Å². The number of para-hydroxylation sites is 1. The van der Waals surface area contributed by atoms with Crippen molar-refractivity contribution in [2.45, 2.75) is 30.1 Å². The van der Waals surface area contributed by atoms with Crippen molar-refractivity contribution in [3.05, 3.63) is 101 Å². The monoisotopic (exact) mass is 550 g/mol. The van der Waals surface area contributed by atoms with Gasteiger partial charge in [-0.1, -0.05) is 83.5 Å². The lowest BCUT2D eigenvalue weighted by atomic mass is 10.1. The van der Waals surface area contributed by atoms with Crippen LogP contribution >= 0.6 is 23.4 Å². The minimum absolute atomic E-state index is 0.0513. The number of rotatable bonds is 7. The number of nitrogens with zero attached hydrogens (tertiary/aromatic N) is 3. The van der Waals surface area contributed by atoms with E-state index in [0.29, 0.717) is 33.7 Å². The van der Waals surface area contributed by atoms with E-state index in [0.717, 1.165) is 28.5 Å². The maximum Gasteiger partial charge on any atom is 0.268 e. The third-order valence-corrected chi connectivity index (χ3v) is 8.75. The molecule has 0 saturated carbocycles. The van der Waals surface area contributed by atoms with Gasteiger partial charge >= 0.3 is 0 Å². The second-order valence-corrected chi connectivity index (χ2v) is 11.8. The van der Waals surface area contributed by atoms with Crippen LogP contribution in [0, 0.1) is 6.92 Å². The molecule has 0 saturated heterocycles. The fourth-order valence-corrected chi connectivity index (χ4v) is 6.41. The molecule has 1 amide bonds. The SMILES string of the molecule is Cc1cccc(CN2c3ccccc3-c3nc(SCC(=O)NCc4ccc(Cl)cc4)ncc3S2(=O)=O)c1. The van der Waals surface area contributed by atoms with Crippen LogP contribution in [-0.4, -0.2) is 30.0 Å². The van der Waals surface area contributed by atoms with Crippen molar-refractivity contribution in [3.8, 4) is 11.3 Å². The molecule has 3 aromatic carbocycles. The molecular formula is C27H23ClN4O3S2. The highest BCUT2D eigenvalue weighted by Crippen LogP contribution is 2.42. The van der Waals surface area contributed by atoms with E-state index < -0.39 is 10.0 Å². The van der Waals surface area contributed by atoms with E-state index in [1.807, 2.05) is 61.5 Å². The number of halogens is 1. The number of carbonyl (C=O) groups is 1. The van der Waals surface area contributed by atoms with Gasteiger partial charge in [-0.25, -0.2) is 18.4 Å². The summed E-state index contributed by atoms with van der Waals surface area (Å²) >= 11 is 7.05. The second kappa shape index (κ2) is 10.5. The Morgan fingerprint density at radius 2 is 1.81 bits per heavy atom. The van der Waals surface area contributed by atoms with Crippen LogP contribution in [0.25, 0.3) is 11.3 Å². The Morgan fingerprint density at radius 3 is 2.59 bits per heavy atom. The van der Waals surface area contributed by atoms with E-state index in [4.69, 9.17) is 11.6 Å². The van der Waals surface area contributed by atoms with Crippen LogP contribution in [0.1, 0.15) is 16.7 Å². The minimum atomic E-state index is -3.89. The van der Waals surface area contributed by atoms with Crippen molar-refractivity contribution < 1.29 is 13.2 Å². The Balaban J connectivity index is 1.36. The number of aryl methyl sites for hydroxylation is 1. The lowest BCUT2D eigenvalue weighted by Crippen LogP contribution is -2.34. The number of benzene rings is 3. The van der Waals surface area contributed by atoms with Gasteiger partial charge in [0.25, 0.3) is 10.0 Å². The summed E-state index contributed by atoms with van der Waals surface area (Å²) in [5.41, 5.74) is 4.49. The molecule has 0 aliphatic carbocycles. The number of fused-ring (bicyclic) bond motifs is 3. The summed E-state index contributed by atoms with van der Waals surface area (Å²) in [7, 11) is -3.89. The first-order valence-electron chi connectivity index (χ1n) is 11.5. The number of sulfonamides is 1. The highest BCUT2D eigenvalue weighted by molar-refractivity contribution is 7.99. The largest absolute Gasteiger partial charge is 0.351 e. The normalized spacial score (nSPS) is 13.5.